The summed E-state index contributed by atoms with van der Waals surface area (Å²) in [4.78, 5) is 3.52. The first kappa shape index (κ1) is 13.8. The second kappa shape index (κ2) is 5.74. The van der Waals surface area contributed by atoms with Crippen LogP contribution in [0.25, 0.3) is 0 Å². The van der Waals surface area contributed by atoms with Crippen molar-refractivity contribution in [3.05, 3.63) is 46.2 Å². The number of anilines is 2. The van der Waals surface area contributed by atoms with Crippen LogP contribution in [0.4, 0.5) is 11.4 Å². The van der Waals surface area contributed by atoms with Gasteiger partial charge in [0.05, 0.1) is 4.88 Å². The standard InChI is InChI=1S/C17H20N4S/c18-17(16-2-1-9-22-16)20-13-3-4-15-12(10-13)6-8-21(15)14-5-7-19-11-14/h1-4,9-10,14,19H,5-8,11H2,(H2,18,20). The van der Waals surface area contributed by atoms with E-state index < -0.39 is 0 Å². The minimum absolute atomic E-state index is 0.477. The maximum atomic E-state index is 8.14. The highest BCUT2D eigenvalue weighted by Gasteiger charge is 2.28. The molecule has 3 N–H and O–H groups in total. The molecule has 0 radical (unpaired) electrons. The van der Waals surface area contributed by atoms with Gasteiger partial charge in [0, 0.05) is 30.5 Å². The van der Waals surface area contributed by atoms with Crippen LogP contribution in [0.2, 0.25) is 0 Å². The number of hydrogen-bond acceptors (Lipinski definition) is 4. The van der Waals surface area contributed by atoms with Crippen molar-refractivity contribution in [2.75, 3.05) is 29.9 Å². The first-order valence-electron chi connectivity index (χ1n) is 7.81. The Morgan fingerprint density at radius 3 is 3.09 bits per heavy atom. The van der Waals surface area contributed by atoms with Gasteiger partial charge < -0.3 is 15.5 Å². The molecule has 4 nitrogen and oxygen atoms in total. The Morgan fingerprint density at radius 1 is 1.36 bits per heavy atom. The predicted molar refractivity (Wildman–Crippen MR) is 93.5 cm³/mol. The summed E-state index contributed by atoms with van der Waals surface area (Å²) in [7, 11) is 0. The summed E-state index contributed by atoms with van der Waals surface area (Å²) in [5.74, 6) is 0.477. The molecule has 1 saturated heterocycles. The van der Waals surface area contributed by atoms with E-state index in [4.69, 9.17) is 5.41 Å². The molecule has 2 aliphatic rings. The first-order valence-corrected chi connectivity index (χ1v) is 8.69. The van der Waals surface area contributed by atoms with Crippen LogP contribution in [-0.4, -0.2) is 31.5 Å². The van der Waals surface area contributed by atoms with Gasteiger partial charge in [-0.1, -0.05) is 6.07 Å². The van der Waals surface area contributed by atoms with Crippen LogP contribution >= 0.6 is 11.3 Å². The van der Waals surface area contributed by atoms with Crippen LogP contribution < -0.4 is 15.5 Å². The third-order valence-electron chi connectivity index (χ3n) is 4.52. The van der Waals surface area contributed by atoms with Crippen LogP contribution in [0.15, 0.2) is 35.7 Å². The van der Waals surface area contributed by atoms with Crippen LogP contribution in [0.3, 0.4) is 0 Å². The molecule has 2 aromatic rings. The molecule has 0 amide bonds. The van der Waals surface area contributed by atoms with Crippen molar-refractivity contribution in [3.8, 4) is 0 Å². The smallest absolute Gasteiger partial charge is 0.140 e. The van der Waals surface area contributed by atoms with E-state index in [1.54, 1.807) is 11.3 Å². The fraction of sp³-hybridized carbons (Fsp3) is 0.353. The van der Waals surface area contributed by atoms with Crippen LogP contribution in [-0.2, 0) is 6.42 Å². The molecule has 1 atom stereocenters. The monoisotopic (exact) mass is 312 g/mol. The number of benzene rings is 1. The van der Waals surface area contributed by atoms with Gasteiger partial charge in [-0.05, 0) is 54.6 Å². The molecule has 1 aromatic heterocycles. The molecule has 2 aliphatic heterocycles. The molecule has 22 heavy (non-hydrogen) atoms. The molecule has 0 aliphatic carbocycles. The van der Waals surface area contributed by atoms with Gasteiger partial charge in [-0.25, -0.2) is 0 Å². The minimum atomic E-state index is 0.477. The number of nitrogens with one attached hydrogen (secondary N) is 3. The van der Waals surface area contributed by atoms with Crippen molar-refractivity contribution < 1.29 is 0 Å². The predicted octanol–water partition coefficient (Wildman–Crippen LogP) is 2.91. The number of thiophene rings is 1. The lowest BCUT2D eigenvalue weighted by atomic mass is 10.1. The number of hydrogen-bond donors (Lipinski definition) is 3. The summed E-state index contributed by atoms with van der Waals surface area (Å²) in [6, 6.07) is 11.1. The molecule has 114 valence electrons. The van der Waals surface area contributed by atoms with Gasteiger partial charge in [-0.2, -0.15) is 0 Å². The SMILES string of the molecule is N=C(Nc1ccc2c(c1)CCN2C1CCNC1)c1cccs1. The quantitative estimate of drug-likeness (QED) is 0.603. The molecule has 1 aromatic carbocycles. The van der Waals surface area contributed by atoms with Crippen LogP contribution in [0.1, 0.15) is 16.9 Å². The zero-order chi connectivity index (χ0) is 14.9. The largest absolute Gasteiger partial charge is 0.367 e. The average Bonchev–Trinajstić information content (AvgIpc) is 3.27. The number of rotatable bonds is 3. The molecule has 0 spiro atoms. The fourth-order valence-electron chi connectivity index (χ4n) is 3.42. The molecule has 0 saturated carbocycles. The number of amidine groups is 1. The summed E-state index contributed by atoms with van der Waals surface area (Å²) >= 11 is 1.59. The number of fused-ring (bicyclic) bond motifs is 1. The summed E-state index contributed by atoms with van der Waals surface area (Å²) in [6.45, 7) is 3.35. The van der Waals surface area contributed by atoms with E-state index in [9.17, 15) is 0 Å². The van der Waals surface area contributed by atoms with Crippen LogP contribution in [0.5, 0.6) is 0 Å². The van der Waals surface area contributed by atoms with Crippen molar-refractivity contribution in [1.29, 1.82) is 5.41 Å². The van der Waals surface area contributed by atoms with Crippen molar-refractivity contribution in [2.45, 2.75) is 18.9 Å². The molecule has 0 bridgehead atoms. The Hall–Kier alpha value is -1.85. The Bertz CT molecular complexity index is 674. The molecule has 4 rings (SSSR count). The van der Waals surface area contributed by atoms with Gasteiger partial charge in [-0.15, -0.1) is 11.3 Å². The van der Waals surface area contributed by atoms with E-state index in [2.05, 4.69) is 33.7 Å². The normalized spacial score (nSPS) is 20.2. The Morgan fingerprint density at radius 2 is 2.32 bits per heavy atom. The Labute approximate surface area is 134 Å². The summed E-state index contributed by atoms with van der Waals surface area (Å²) in [5, 5.41) is 16.8. The van der Waals surface area contributed by atoms with Gasteiger partial charge >= 0.3 is 0 Å². The number of nitrogens with zero attached hydrogens (tertiary/aromatic N) is 1. The molecule has 1 unspecified atom stereocenters. The van der Waals surface area contributed by atoms with Gasteiger partial charge in [0.25, 0.3) is 0 Å². The molecular weight excluding hydrogens is 292 g/mol. The Kier molecular flexibility index (Phi) is 3.60. The summed E-state index contributed by atoms with van der Waals surface area (Å²) < 4.78 is 0. The second-order valence-corrected chi connectivity index (χ2v) is 6.86. The molecule has 5 heteroatoms. The maximum absolute atomic E-state index is 8.14. The Balaban J connectivity index is 1.51. The van der Waals surface area contributed by atoms with E-state index in [0.717, 1.165) is 36.6 Å². The van der Waals surface area contributed by atoms with E-state index in [-0.39, 0.29) is 0 Å². The lowest BCUT2D eigenvalue weighted by Crippen LogP contribution is -2.35. The van der Waals surface area contributed by atoms with E-state index in [0.29, 0.717) is 11.9 Å². The van der Waals surface area contributed by atoms with Crippen molar-refractivity contribution in [1.82, 2.24) is 5.32 Å². The molecule has 3 heterocycles. The van der Waals surface area contributed by atoms with Gasteiger partial charge in [0.1, 0.15) is 5.84 Å². The van der Waals surface area contributed by atoms with Crippen molar-refractivity contribution >= 4 is 28.5 Å². The van der Waals surface area contributed by atoms with Gasteiger partial charge in [0.15, 0.2) is 0 Å². The molecule has 1 fully saturated rings. The van der Waals surface area contributed by atoms with Crippen molar-refractivity contribution in [2.24, 2.45) is 0 Å². The van der Waals surface area contributed by atoms with Gasteiger partial charge in [-0.3, -0.25) is 5.41 Å². The van der Waals surface area contributed by atoms with Crippen molar-refractivity contribution in [3.63, 3.8) is 0 Å². The van der Waals surface area contributed by atoms with E-state index >= 15 is 0 Å². The lowest BCUT2D eigenvalue weighted by molar-refractivity contribution is 0.654. The lowest BCUT2D eigenvalue weighted by Gasteiger charge is -2.26. The zero-order valence-corrected chi connectivity index (χ0v) is 13.2. The third-order valence-corrected chi connectivity index (χ3v) is 5.41. The van der Waals surface area contributed by atoms with E-state index in [1.165, 1.54) is 17.7 Å². The fourth-order valence-corrected chi connectivity index (χ4v) is 4.05. The highest BCUT2D eigenvalue weighted by Crippen LogP contribution is 2.33. The topological polar surface area (TPSA) is 51.2 Å². The summed E-state index contributed by atoms with van der Waals surface area (Å²) in [6.07, 6.45) is 2.34. The molecular formula is C17H20N4S. The minimum Gasteiger partial charge on any atom is -0.367 e. The van der Waals surface area contributed by atoms with Gasteiger partial charge in [0.2, 0.25) is 0 Å². The highest BCUT2D eigenvalue weighted by atomic mass is 32.1. The van der Waals surface area contributed by atoms with Crippen LogP contribution in [0, 0.1) is 5.41 Å². The van der Waals surface area contributed by atoms with E-state index in [1.807, 2.05) is 17.5 Å². The highest BCUT2D eigenvalue weighted by molar-refractivity contribution is 7.12. The zero-order valence-electron chi connectivity index (χ0n) is 12.4. The maximum Gasteiger partial charge on any atom is 0.140 e. The summed E-state index contributed by atoms with van der Waals surface area (Å²) in [5.41, 5.74) is 3.79. The third kappa shape index (κ3) is 2.51. The second-order valence-electron chi connectivity index (χ2n) is 5.91. The first-order chi connectivity index (χ1) is 10.8. The average molecular weight is 312 g/mol.